The van der Waals surface area contributed by atoms with E-state index in [1.165, 1.54) is 19.3 Å². The molecular weight excluding hydrogens is 202 g/mol. The Labute approximate surface area is 90.2 Å². The largest absolute Gasteiger partial charge is 0.306 e. The topological polar surface area (TPSA) is 3.24 Å². The second kappa shape index (κ2) is 4.45. The molecule has 1 aromatic rings. The Morgan fingerprint density at radius 3 is 2.92 bits per heavy atom. The minimum atomic E-state index is 0. The number of hydrogen-bond acceptors (Lipinski definition) is 2. The van der Waals surface area contributed by atoms with Crippen LogP contribution in [0.2, 0.25) is 0 Å². The van der Waals surface area contributed by atoms with Gasteiger partial charge in [0.25, 0.3) is 0 Å². The minimum Gasteiger partial charge on any atom is -0.306 e. The van der Waals surface area contributed by atoms with Gasteiger partial charge in [-0.3, -0.25) is 0 Å². The standard InChI is InChI=1S/C10H15NS.ClH/c1-11(2)9-4-3-8-5-6-12-10(8)7-9;/h5-6,9H,3-4,7H2,1-2H3;1H. The third-order valence-corrected chi connectivity index (χ3v) is 3.72. The van der Waals surface area contributed by atoms with E-state index < -0.39 is 0 Å². The summed E-state index contributed by atoms with van der Waals surface area (Å²) in [6.07, 6.45) is 3.87. The first kappa shape index (κ1) is 11.0. The van der Waals surface area contributed by atoms with Crippen molar-refractivity contribution in [3.05, 3.63) is 21.9 Å². The summed E-state index contributed by atoms with van der Waals surface area (Å²) in [5.74, 6) is 0. The average Bonchev–Trinajstić information content (AvgIpc) is 2.49. The summed E-state index contributed by atoms with van der Waals surface area (Å²) < 4.78 is 0. The fourth-order valence-corrected chi connectivity index (χ4v) is 2.85. The van der Waals surface area contributed by atoms with Crippen LogP contribution in [0.15, 0.2) is 11.4 Å². The molecule has 1 aromatic heterocycles. The predicted molar refractivity (Wildman–Crippen MR) is 61.1 cm³/mol. The van der Waals surface area contributed by atoms with E-state index in [1.54, 1.807) is 10.4 Å². The molecule has 0 saturated carbocycles. The van der Waals surface area contributed by atoms with Crippen LogP contribution in [0.3, 0.4) is 0 Å². The van der Waals surface area contributed by atoms with Crippen molar-refractivity contribution in [2.45, 2.75) is 25.3 Å². The monoisotopic (exact) mass is 217 g/mol. The molecule has 13 heavy (non-hydrogen) atoms. The van der Waals surface area contributed by atoms with Crippen molar-refractivity contribution in [3.8, 4) is 0 Å². The van der Waals surface area contributed by atoms with Gasteiger partial charge in [0.2, 0.25) is 0 Å². The highest BCUT2D eigenvalue weighted by Gasteiger charge is 2.20. The smallest absolute Gasteiger partial charge is 0.0141 e. The summed E-state index contributed by atoms with van der Waals surface area (Å²) in [6.45, 7) is 0. The van der Waals surface area contributed by atoms with E-state index in [4.69, 9.17) is 0 Å². The number of thiophene rings is 1. The summed E-state index contributed by atoms with van der Waals surface area (Å²) in [7, 11) is 4.37. The Kier molecular flexibility index (Phi) is 3.77. The van der Waals surface area contributed by atoms with Crippen molar-refractivity contribution in [3.63, 3.8) is 0 Å². The molecule has 0 aromatic carbocycles. The van der Waals surface area contributed by atoms with E-state index in [-0.39, 0.29) is 12.4 Å². The Morgan fingerprint density at radius 1 is 1.46 bits per heavy atom. The van der Waals surface area contributed by atoms with Gasteiger partial charge in [-0.2, -0.15) is 0 Å². The minimum absolute atomic E-state index is 0. The maximum atomic E-state index is 2.35. The average molecular weight is 218 g/mol. The number of likely N-dealkylation sites (N-methyl/N-ethyl adjacent to an activating group) is 1. The van der Waals surface area contributed by atoms with Gasteiger partial charge in [-0.25, -0.2) is 0 Å². The lowest BCUT2D eigenvalue weighted by molar-refractivity contribution is 0.270. The van der Waals surface area contributed by atoms with Crippen LogP contribution < -0.4 is 0 Å². The Bertz CT molecular complexity index is 270. The molecule has 1 atom stereocenters. The molecule has 1 aliphatic rings. The maximum absolute atomic E-state index is 2.35. The van der Waals surface area contributed by atoms with Gasteiger partial charge in [-0.05, 0) is 50.4 Å². The van der Waals surface area contributed by atoms with E-state index in [9.17, 15) is 0 Å². The highest BCUT2D eigenvalue weighted by Crippen LogP contribution is 2.27. The van der Waals surface area contributed by atoms with Crippen LogP contribution in [0.5, 0.6) is 0 Å². The quantitative estimate of drug-likeness (QED) is 0.699. The zero-order chi connectivity index (χ0) is 8.55. The van der Waals surface area contributed by atoms with E-state index in [0.29, 0.717) is 0 Å². The first-order chi connectivity index (χ1) is 5.77. The lowest BCUT2D eigenvalue weighted by atomic mass is 9.94. The second-order valence-corrected chi connectivity index (χ2v) is 4.73. The molecule has 1 aliphatic carbocycles. The summed E-state index contributed by atoms with van der Waals surface area (Å²) >= 11 is 1.92. The molecule has 2 rings (SSSR count). The molecule has 1 heterocycles. The van der Waals surface area contributed by atoms with Crippen LogP contribution in [0.4, 0.5) is 0 Å². The van der Waals surface area contributed by atoms with E-state index in [1.807, 2.05) is 11.3 Å². The van der Waals surface area contributed by atoms with Crippen molar-refractivity contribution < 1.29 is 0 Å². The Morgan fingerprint density at radius 2 is 2.23 bits per heavy atom. The first-order valence-electron chi connectivity index (χ1n) is 4.49. The van der Waals surface area contributed by atoms with E-state index in [0.717, 1.165) is 6.04 Å². The van der Waals surface area contributed by atoms with Gasteiger partial charge in [-0.15, -0.1) is 23.7 Å². The molecule has 0 radical (unpaired) electrons. The molecule has 0 saturated heterocycles. The fraction of sp³-hybridized carbons (Fsp3) is 0.600. The van der Waals surface area contributed by atoms with Gasteiger partial charge in [0, 0.05) is 10.9 Å². The first-order valence-corrected chi connectivity index (χ1v) is 5.37. The van der Waals surface area contributed by atoms with E-state index in [2.05, 4.69) is 30.4 Å². The van der Waals surface area contributed by atoms with Crippen molar-refractivity contribution in [1.82, 2.24) is 4.90 Å². The van der Waals surface area contributed by atoms with Crippen molar-refractivity contribution >= 4 is 23.7 Å². The van der Waals surface area contributed by atoms with Gasteiger partial charge >= 0.3 is 0 Å². The predicted octanol–water partition coefficient (Wildman–Crippen LogP) is 2.59. The zero-order valence-electron chi connectivity index (χ0n) is 8.12. The molecule has 1 unspecified atom stereocenters. The van der Waals surface area contributed by atoms with Crippen molar-refractivity contribution in [2.24, 2.45) is 0 Å². The number of rotatable bonds is 1. The fourth-order valence-electron chi connectivity index (χ4n) is 1.85. The lowest BCUT2D eigenvalue weighted by Gasteiger charge is -2.27. The Balaban J connectivity index is 0.000000845. The normalized spacial score (nSPS) is 21.0. The lowest BCUT2D eigenvalue weighted by Crippen LogP contribution is -2.32. The van der Waals surface area contributed by atoms with Crippen molar-refractivity contribution in [1.29, 1.82) is 0 Å². The second-order valence-electron chi connectivity index (χ2n) is 3.73. The molecule has 74 valence electrons. The number of fused-ring (bicyclic) bond motifs is 1. The SMILES string of the molecule is CN(C)C1CCc2ccsc2C1.Cl. The molecule has 0 fully saturated rings. The molecule has 0 N–H and O–H groups in total. The maximum Gasteiger partial charge on any atom is 0.0141 e. The number of nitrogens with zero attached hydrogens (tertiary/aromatic N) is 1. The Hall–Kier alpha value is -0.0500. The van der Waals surface area contributed by atoms with Crippen LogP contribution in [-0.2, 0) is 12.8 Å². The van der Waals surface area contributed by atoms with Gasteiger partial charge in [-0.1, -0.05) is 0 Å². The van der Waals surface area contributed by atoms with Crippen LogP contribution in [-0.4, -0.2) is 25.0 Å². The molecular formula is C10H16ClNS. The van der Waals surface area contributed by atoms with Gasteiger partial charge in [0.05, 0.1) is 0 Å². The molecule has 3 heteroatoms. The number of hydrogen-bond donors (Lipinski definition) is 0. The number of aryl methyl sites for hydroxylation is 1. The molecule has 0 spiro atoms. The summed E-state index contributed by atoms with van der Waals surface area (Å²) in [4.78, 5) is 3.96. The molecule has 0 aliphatic heterocycles. The molecule has 0 amide bonds. The van der Waals surface area contributed by atoms with Crippen LogP contribution >= 0.6 is 23.7 Å². The molecule has 1 nitrogen and oxygen atoms in total. The zero-order valence-corrected chi connectivity index (χ0v) is 9.75. The third kappa shape index (κ3) is 2.25. The van der Waals surface area contributed by atoms with Crippen molar-refractivity contribution in [2.75, 3.05) is 14.1 Å². The van der Waals surface area contributed by atoms with E-state index >= 15 is 0 Å². The van der Waals surface area contributed by atoms with Crippen LogP contribution in [0, 0.1) is 0 Å². The molecule has 0 bridgehead atoms. The summed E-state index contributed by atoms with van der Waals surface area (Å²) in [5, 5.41) is 2.22. The van der Waals surface area contributed by atoms with Gasteiger partial charge in [0.15, 0.2) is 0 Å². The number of halogens is 1. The van der Waals surface area contributed by atoms with Gasteiger partial charge in [0.1, 0.15) is 0 Å². The van der Waals surface area contributed by atoms with Gasteiger partial charge < -0.3 is 4.90 Å². The summed E-state index contributed by atoms with van der Waals surface area (Å²) in [6, 6.07) is 3.06. The highest BCUT2D eigenvalue weighted by molar-refractivity contribution is 7.10. The highest BCUT2D eigenvalue weighted by atomic mass is 35.5. The summed E-state index contributed by atoms with van der Waals surface area (Å²) in [5.41, 5.74) is 1.60. The van der Waals surface area contributed by atoms with Crippen LogP contribution in [0.1, 0.15) is 16.9 Å². The van der Waals surface area contributed by atoms with Crippen LogP contribution in [0.25, 0.3) is 0 Å². The third-order valence-electron chi connectivity index (χ3n) is 2.74.